The van der Waals surface area contributed by atoms with Crippen LogP contribution in [0.3, 0.4) is 0 Å². The molecule has 0 aliphatic heterocycles. The monoisotopic (exact) mass is 194 g/mol. The first-order valence-corrected chi connectivity index (χ1v) is 4.19. The number of aromatic nitrogens is 4. The molecule has 0 aliphatic carbocycles. The van der Waals surface area contributed by atoms with E-state index in [1.807, 2.05) is 11.5 Å². The van der Waals surface area contributed by atoms with Gasteiger partial charge in [0.15, 0.2) is 0 Å². The molecule has 0 aliphatic rings. The number of aliphatic hydroxyl groups excluding tert-OH is 1. The molecule has 6 nitrogen and oxygen atoms in total. The van der Waals surface area contributed by atoms with Crippen LogP contribution in [0, 0.1) is 6.92 Å². The van der Waals surface area contributed by atoms with E-state index in [0.717, 1.165) is 11.4 Å². The maximum atomic E-state index is 8.81. The Labute approximate surface area is 80.2 Å². The van der Waals surface area contributed by atoms with Gasteiger partial charge in [-0.05, 0) is 6.92 Å². The lowest BCUT2D eigenvalue weighted by Gasteiger charge is -1.96. The molecule has 14 heavy (non-hydrogen) atoms. The maximum Gasteiger partial charge on any atom is 0.127 e. The SMILES string of the molecule is Cc1nonc1Cn1cnc(CO)c1. The standard InChI is InChI=1S/C8H10N4O2/c1-6-8(11-14-10-6)3-12-2-7(4-13)9-5-12/h2,5,13H,3-4H2,1H3. The molecule has 1 N–H and O–H groups in total. The Morgan fingerprint density at radius 3 is 2.93 bits per heavy atom. The highest BCUT2D eigenvalue weighted by Crippen LogP contribution is 2.04. The van der Waals surface area contributed by atoms with E-state index in [1.165, 1.54) is 0 Å². The second-order valence-electron chi connectivity index (χ2n) is 2.99. The summed E-state index contributed by atoms with van der Waals surface area (Å²) in [6.45, 7) is 2.33. The number of imidazole rings is 1. The average Bonchev–Trinajstić information content (AvgIpc) is 2.77. The van der Waals surface area contributed by atoms with Crippen molar-refractivity contribution in [2.24, 2.45) is 0 Å². The van der Waals surface area contributed by atoms with Crippen molar-refractivity contribution < 1.29 is 9.74 Å². The van der Waals surface area contributed by atoms with Crippen molar-refractivity contribution >= 4 is 0 Å². The molecular formula is C8H10N4O2. The van der Waals surface area contributed by atoms with Gasteiger partial charge in [-0.3, -0.25) is 0 Å². The summed E-state index contributed by atoms with van der Waals surface area (Å²) in [6, 6.07) is 0. The topological polar surface area (TPSA) is 77.0 Å². The summed E-state index contributed by atoms with van der Waals surface area (Å²) >= 11 is 0. The third-order valence-corrected chi connectivity index (χ3v) is 1.93. The number of aryl methyl sites for hydroxylation is 1. The third-order valence-electron chi connectivity index (χ3n) is 1.93. The summed E-state index contributed by atoms with van der Waals surface area (Å²) in [5.41, 5.74) is 2.18. The van der Waals surface area contributed by atoms with Crippen LogP contribution < -0.4 is 0 Å². The molecule has 2 aromatic heterocycles. The quantitative estimate of drug-likeness (QED) is 0.750. The van der Waals surface area contributed by atoms with Crippen LogP contribution in [0.4, 0.5) is 0 Å². The van der Waals surface area contributed by atoms with Crippen molar-refractivity contribution in [1.29, 1.82) is 0 Å². The van der Waals surface area contributed by atoms with Crippen LogP contribution in [-0.4, -0.2) is 25.0 Å². The molecule has 0 aromatic carbocycles. The second-order valence-corrected chi connectivity index (χ2v) is 2.99. The summed E-state index contributed by atoms with van der Waals surface area (Å²) in [6.07, 6.45) is 3.40. The van der Waals surface area contributed by atoms with Gasteiger partial charge in [-0.15, -0.1) is 0 Å². The largest absolute Gasteiger partial charge is 0.390 e. The Bertz CT molecular complexity index is 420. The number of rotatable bonds is 3. The van der Waals surface area contributed by atoms with Crippen LogP contribution >= 0.6 is 0 Å². The Morgan fingerprint density at radius 1 is 1.50 bits per heavy atom. The summed E-state index contributed by atoms with van der Waals surface area (Å²) in [5, 5.41) is 16.2. The summed E-state index contributed by atoms with van der Waals surface area (Å²) in [4.78, 5) is 3.98. The highest BCUT2D eigenvalue weighted by atomic mass is 16.6. The molecular weight excluding hydrogens is 184 g/mol. The van der Waals surface area contributed by atoms with Gasteiger partial charge in [0.2, 0.25) is 0 Å². The summed E-state index contributed by atoms with van der Waals surface area (Å²) < 4.78 is 6.39. The van der Waals surface area contributed by atoms with Crippen LogP contribution in [0.5, 0.6) is 0 Å². The molecule has 6 heteroatoms. The first-order valence-electron chi connectivity index (χ1n) is 4.19. The molecule has 0 saturated heterocycles. The second kappa shape index (κ2) is 3.59. The molecule has 2 heterocycles. The summed E-state index contributed by atoms with van der Waals surface area (Å²) in [7, 11) is 0. The van der Waals surface area contributed by atoms with E-state index in [0.29, 0.717) is 12.2 Å². The molecule has 2 aromatic rings. The van der Waals surface area contributed by atoms with Crippen molar-refractivity contribution in [3.63, 3.8) is 0 Å². The minimum atomic E-state index is -0.0525. The average molecular weight is 194 g/mol. The van der Waals surface area contributed by atoms with Crippen LogP contribution in [0.15, 0.2) is 17.2 Å². The Balaban J connectivity index is 2.15. The van der Waals surface area contributed by atoms with Gasteiger partial charge in [0.25, 0.3) is 0 Å². The molecule has 2 rings (SSSR count). The van der Waals surface area contributed by atoms with Crippen LogP contribution in [-0.2, 0) is 13.2 Å². The lowest BCUT2D eigenvalue weighted by Crippen LogP contribution is -1.98. The number of hydrogen-bond acceptors (Lipinski definition) is 5. The fraction of sp³-hybridized carbons (Fsp3) is 0.375. The van der Waals surface area contributed by atoms with Crippen LogP contribution in [0.1, 0.15) is 17.1 Å². The van der Waals surface area contributed by atoms with E-state index in [2.05, 4.69) is 19.9 Å². The van der Waals surface area contributed by atoms with Gasteiger partial charge in [-0.1, -0.05) is 10.3 Å². The zero-order chi connectivity index (χ0) is 9.97. The predicted molar refractivity (Wildman–Crippen MR) is 46.3 cm³/mol. The Morgan fingerprint density at radius 2 is 2.36 bits per heavy atom. The van der Waals surface area contributed by atoms with E-state index in [4.69, 9.17) is 5.11 Å². The van der Waals surface area contributed by atoms with Gasteiger partial charge in [-0.2, -0.15) is 0 Å². The number of hydrogen-bond donors (Lipinski definition) is 1. The van der Waals surface area contributed by atoms with E-state index < -0.39 is 0 Å². The van der Waals surface area contributed by atoms with Gasteiger partial charge in [0, 0.05) is 6.20 Å². The van der Waals surface area contributed by atoms with Gasteiger partial charge in [0.05, 0.1) is 25.2 Å². The predicted octanol–water partition coefficient (Wildman–Crippen LogP) is 0.115. The van der Waals surface area contributed by atoms with E-state index in [1.54, 1.807) is 12.5 Å². The smallest absolute Gasteiger partial charge is 0.127 e. The molecule has 0 atom stereocenters. The highest BCUT2D eigenvalue weighted by Gasteiger charge is 2.06. The molecule has 0 radical (unpaired) electrons. The Kier molecular flexibility index (Phi) is 2.28. The molecule has 0 amide bonds. The minimum absolute atomic E-state index is 0.0525. The van der Waals surface area contributed by atoms with Gasteiger partial charge < -0.3 is 9.67 Å². The lowest BCUT2D eigenvalue weighted by molar-refractivity contribution is 0.277. The molecule has 0 fully saturated rings. The van der Waals surface area contributed by atoms with Crippen molar-refractivity contribution in [3.8, 4) is 0 Å². The molecule has 0 saturated carbocycles. The first kappa shape index (κ1) is 8.89. The number of aliphatic hydroxyl groups is 1. The fourth-order valence-electron chi connectivity index (χ4n) is 1.14. The lowest BCUT2D eigenvalue weighted by atomic mass is 10.3. The molecule has 0 unspecified atom stereocenters. The highest BCUT2D eigenvalue weighted by molar-refractivity contribution is 5.06. The van der Waals surface area contributed by atoms with Crippen LogP contribution in [0.2, 0.25) is 0 Å². The third kappa shape index (κ3) is 1.64. The van der Waals surface area contributed by atoms with Crippen LogP contribution in [0.25, 0.3) is 0 Å². The molecule has 0 bridgehead atoms. The number of nitrogens with zero attached hydrogens (tertiary/aromatic N) is 4. The molecule has 74 valence electrons. The maximum absolute atomic E-state index is 8.81. The zero-order valence-corrected chi connectivity index (χ0v) is 7.71. The van der Waals surface area contributed by atoms with E-state index >= 15 is 0 Å². The van der Waals surface area contributed by atoms with Gasteiger partial charge in [-0.25, -0.2) is 9.61 Å². The van der Waals surface area contributed by atoms with Crippen molar-refractivity contribution in [2.75, 3.05) is 0 Å². The van der Waals surface area contributed by atoms with E-state index in [9.17, 15) is 0 Å². The first-order chi connectivity index (χ1) is 6.79. The summed E-state index contributed by atoms with van der Waals surface area (Å²) in [5.74, 6) is 0. The van der Waals surface area contributed by atoms with E-state index in [-0.39, 0.29) is 6.61 Å². The minimum Gasteiger partial charge on any atom is -0.390 e. The van der Waals surface area contributed by atoms with Gasteiger partial charge >= 0.3 is 0 Å². The van der Waals surface area contributed by atoms with Crippen molar-refractivity contribution in [1.82, 2.24) is 19.9 Å². The van der Waals surface area contributed by atoms with Crippen molar-refractivity contribution in [3.05, 3.63) is 29.6 Å². The fourth-order valence-corrected chi connectivity index (χ4v) is 1.14. The van der Waals surface area contributed by atoms with Gasteiger partial charge in [0.1, 0.15) is 11.4 Å². The zero-order valence-electron chi connectivity index (χ0n) is 7.71. The Hall–Kier alpha value is -1.69. The van der Waals surface area contributed by atoms with Crippen molar-refractivity contribution in [2.45, 2.75) is 20.1 Å². The molecule has 0 spiro atoms. The normalized spacial score (nSPS) is 10.7.